The van der Waals surface area contributed by atoms with Crippen molar-refractivity contribution in [2.24, 2.45) is 11.8 Å². The van der Waals surface area contributed by atoms with Crippen LogP contribution in [0.25, 0.3) is 0 Å². The zero-order valence-electron chi connectivity index (χ0n) is 9.98. The number of nitrogen functional groups attached to an aromatic ring is 1. The van der Waals surface area contributed by atoms with Crippen LogP contribution in [0, 0.1) is 5.92 Å². The number of hydrogen-bond acceptors (Lipinski definition) is 6. The van der Waals surface area contributed by atoms with E-state index in [-0.39, 0.29) is 0 Å². The summed E-state index contributed by atoms with van der Waals surface area (Å²) in [4.78, 5) is 8.73. The molecule has 1 aliphatic carbocycles. The number of aromatic nitrogens is 2. The van der Waals surface area contributed by atoms with E-state index in [0.29, 0.717) is 5.82 Å². The highest BCUT2D eigenvalue weighted by atomic mass is 32.2. The van der Waals surface area contributed by atoms with Crippen LogP contribution in [0.1, 0.15) is 25.7 Å². The molecule has 3 N–H and O–H groups in total. The molecule has 6 heteroatoms. The predicted molar refractivity (Wildman–Crippen MR) is 74.3 cm³/mol. The summed E-state index contributed by atoms with van der Waals surface area (Å²) in [5, 5.41) is 1.79. The third-order valence-corrected chi connectivity index (χ3v) is 4.64. The zero-order chi connectivity index (χ0) is 12.1. The highest BCUT2D eigenvalue weighted by Crippen LogP contribution is 2.31. The standard InChI is InChI=1S/C11H18N4S2/c1-16-11-13-9(15-12)6-10(14-11)17-7-8-4-2-3-5-8/h6,8H,2-5,7,12H2,1H3,(H,13,14,15). The van der Waals surface area contributed by atoms with Crippen LogP contribution in [0.5, 0.6) is 0 Å². The molecule has 0 amide bonds. The van der Waals surface area contributed by atoms with Gasteiger partial charge in [0.05, 0.1) is 0 Å². The molecule has 1 saturated carbocycles. The Bertz CT molecular complexity index is 344. The number of anilines is 1. The molecule has 0 aliphatic heterocycles. The van der Waals surface area contributed by atoms with E-state index in [1.165, 1.54) is 37.4 Å². The molecule has 0 saturated heterocycles. The summed E-state index contributed by atoms with van der Waals surface area (Å²) >= 11 is 3.36. The van der Waals surface area contributed by atoms with E-state index < -0.39 is 0 Å². The smallest absolute Gasteiger partial charge is 0.190 e. The molecule has 2 rings (SSSR count). The Balaban J connectivity index is 1.98. The fourth-order valence-corrected chi connectivity index (χ4v) is 3.55. The average Bonchev–Trinajstić information content (AvgIpc) is 2.89. The van der Waals surface area contributed by atoms with Crippen molar-refractivity contribution < 1.29 is 0 Å². The summed E-state index contributed by atoms with van der Waals surface area (Å²) in [6.45, 7) is 0. The number of hydrazine groups is 1. The van der Waals surface area contributed by atoms with Crippen molar-refractivity contribution >= 4 is 29.3 Å². The number of hydrogen-bond donors (Lipinski definition) is 2. The van der Waals surface area contributed by atoms with Gasteiger partial charge in [-0.1, -0.05) is 24.6 Å². The highest BCUT2D eigenvalue weighted by molar-refractivity contribution is 7.99. The Morgan fingerprint density at radius 3 is 2.82 bits per heavy atom. The summed E-state index contributed by atoms with van der Waals surface area (Å²) in [6, 6.07) is 1.92. The lowest BCUT2D eigenvalue weighted by Gasteiger charge is -2.09. The van der Waals surface area contributed by atoms with E-state index in [4.69, 9.17) is 5.84 Å². The molecular weight excluding hydrogens is 252 g/mol. The van der Waals surface area contributed by atoms with E-state index in [1.54, 1.807) is 0 Å². The molecular formula is C11H18N4S2. The van der Waals surface area contributed by atoms with Crippen molar-refractivity contribution in [3.63, 3.8) is 0 Å². The summed E-state index contributed by atoms with van der Waals surface area (Å²) in [5.74, 6) is 8.12. The SMILES string of the molecule is CSc1nc(NN)cc(SCC2CCCC2)n1. The number of nitrogens with zero attached hydrogens (tertiary/aromatic N) is 2. The van der Waals surface area contributed by atoms with Crippen LogP contribution in [0.4, 0.5) is 5.82 Å². The van der Waals surface area contributed by atoms with Gasteiger partial charge in [0.15, 0.2) is 5.16 Å². The Hall–Kier alpha value is -0.460. The van der Waals surface area contributed by atoms with Crippen molar-refractivity contribution in [3.05, 3.63) is 6.07 Å². The molecule has 0 aromatic carbocycles. The maximum absolute atomic E-state index is 5.40. The fraction of sp³-hybridized carbons (Fsp3) is 0.636. The van der Waals surface area contributed by atoms with Gasteiger partial charge in [0.1, 0.15) is 10.8 Å². The minimum atomic E-state index is 0.693. The monoisotopic (exact) mass is 270 g/mol. The van der Waals surface area contributed by atoms with Crippen LogP contribution in [0.15, 0.2) is 16.2 Å². The molecule has 0 spiro atoms. The highest BCUT2D eigenvalue weighted by Gasteiger charge is 2.15. The lowest BCUT2D eigenvalue weighted by atomic mass is 10.1. The molecule has 1 aromatic rings. The number of thioether (sulfide) groups is 2. The van der Waals surface area contributed by atoms with E-state index in [1.807, 2.05) is 24.1 Å². The lowest BCUT2D eigenvalue weighted by Crippen LogP contribution is -2.09. The third kappa shape index (κ3) is 3.76. The van der Waals surface area contributed by atoms with Crippen LogP contribution in [-0.2, 0) is 0 Å². The van der Waals surface area contributed by atoms with Crippen molar-refractivity contribution in [1.82, 2.24) is 9.97 Å². The van der Waals surface area contributed by atoms with E-state index >= 15 is 0 Å². The van der Waals surface area contributed by atoms with Gasteiger partial charge in [0.2, 0.25) is 0 Å². The minimum absolute atomic E-state index is 0.693. The first-order valence-electron chi connectivity index (χ1n) is 5.84. The van der Waals surface area contributed by atoms with Crippen LogP contribution in [0.3, 0.4) is 0 Å². The largest absolute Gasteiger partial charge is 0.308 e. The van der Waals surface area contributed by atoms with Crippen molar-refractivity contribution in [1.29, 1.82) is 0 Å². The van der Waals surface area contributed by atoms with Crippen LogP contribution in [0.2, 0.25) is 0 Å². The molecule has 94 valence electrons. The van der Waals surface area contributed by atoms with Gasteiger partial charge < -0.3 is 5.43 Å². The Morgan fingerprint density at radius 1 is 1.41 bits per heavy atom. The molecule has 0 bridgehead atoms. The van der Waals surface area contributed by atoms with Crippen LogP contribution in [-0.4, -0.2) is 22.0 Å². The number of nitrogens with one attached hydrogen (secondary N) is 1. The maximum Gasteiger partial charge on any atom is 0.190 e. The quantitative estimate of drug-likeness (QED) is 0.282. The Morgan fingerprint density at radius 2 is 2.18 bits per heavy atom. The number of nitrogens with two attached hydrogens (primary N) is 1. The van der Waals surface area contributed by atoms with Gasteiger partial charge in [-0.05, 0) is 25.0 Å². The summed E-state index contributed by atoms with van der Waals surface area (Å²) in [6.07, 6.45) is 7.49. The van der Waals surface area contributed by atoms with Gasteiger partial charge >= 0.3 is 0 Å². The predicted octanol–water partition coefficient (Wildman–Crippen LogP) is 2.77. The van der Waals surface area contributed by atoms with Gasteiger partial charge in [0.25, 0.3) is 0 Å². The average molecular weight is 270 g/mol. The molecule has 1 aliphatic rings. The van der Waals surface area contributed by atoms with Crippen molar-refractivity contribution in [2.45, 2.75) is 35.9 Å². The third-order valence-electron chi connectivity index (χ3n) is 2.95. The van der Waals surface area contributed by atoms with E-state index in [2.05, 4.69) is 15.4 Å². The molecule has 1 fully saturated rings. The maximum atomic E-state index is 5.40. The molecule has 17 heavy (non-hydrogen) atoms. The molecule has 1 aromatic heterocycles. The van der Waals surface area contributed by atoms with E-state index in [0.717, 1.165) is 21.9 Å². The lowest BCUT2D eigenvalue weighted by molar-refractivity contribution is 0.622. The van der Waals surface area contributed by atoms with Gasteiger partial charge in [-0.15, -0.1) is 11.8 Å². The summed E-state index contributed by atoms with van der Waals surface area (Å²) < 4.78 is 0. The van der Waals surface area contributed by atoms with Crippen molar-refractivity contribution in [3.8, 4) is 0 Å². The number of rotatable bonds is 5. The molecule has 0 unspecified atom stereocenters. The molecule has 0 atom stereocenters. The van der Waals surface area contributed by atoms with Crippen LogP contribution >= 0.6 is 23.5 Å². The fourth-order valence-electron chi connectivity index (χ4n) is 2.02. The summed E-state index contributed by atoms with van der Waals surface area (Å²) in [5.41, 5.74) is 2.59. The second-order valence-corrected chi connectivity index (χ2v) is 6.00. The van der Waals surface area contributed by atoms with Crippen LogP contribution < -0.4 is 11.3 Å². The van der Waals surface area contributed by atoms with Gasteiger partial charge in [-0.25, -0.2) is 15.8 Å². The summed E-state index contributed by atoms with van der Waals surface area (Å²) in [7, 11) is 0. The Labute approximate surface area is 111 Å². The first kappa shape index (κ1) is 13.0. The van der Waals surface area contributed by atoms with Crippen molar-refractivity contribution in [2.75, 3.05) is 17.4 Å². The first-order chi connectivity index (χ1) is 8.31. The van der Waals surface area contributed by atoms with Gasteiger partial charge in [0, 0.05) is 11.8 Å². The zero-order valence-corrected chi connectivity index (χ0v) is 11.6. The minimum Gasteiger partial charge on any atom is -0.308 e. The molecule has 1 heterocycles. The normalized spacial score (nSPS) is 16.4. The second kappa shape index (κ2) is 6.47. The van der Waals surface area contributed by atoms with Gasteiger partial charge in [-0.3, -0.25) is 0 Å². The van der Waals surface area contributed by atoms with E-state index in [9.17, 15) is 0 Å². The molecule has 0 radical (unpaired) electrons. The first-order valence-corrected chi connectivity index (χ1v) is 8.05. The molecule has 4 nitrogen and oxygen atoms in total. The Kier molecular flexibility index (Phi) is 4.94. The second-order valence-electron chi connectivity index (χ2n) is 4.18. The topological polar surface area (TPSA) is 63.8 Å². The van der Waals surface area contributed by atoms with Gasteiger partial charge in [-0.2, -0.15) is 0 Å².